The number of aryl methyl sites for hydroxylation is 1. The van der Waals surface area contributed by atoms with E-state index in [0.29, 0.717) is 12.6 Å². The second-order valence-electron chi connectivity index (χ2n) is 4.75. The Hall–Kier alpha value is -0.770. The number of nitrogens with two attached hydrogens (primary N) is 1. The molecule has 0 aliphatic carbocycles. The molecular weight excluding hydrogens is 234 g/mol. The number of likely N-dealkylation sites (N-methyl/N-ethyl adjacent to an activating group) is 1. The van der Waals surface area contributed by atoms with E-state index in [2.05, 4.69) is 35.0 Å². The van der Waals surface area contributed by atoms with Crippen molar-refractivity contribution in [3.05, 3.63) is 28.8 Å². The topological polar surface area (TPSA) is 32.5 Å². The van der Waals surface area contributed by atoms with Gasteiger partial charge in [-0.3, -0.25) is 4.90 Å². The summed E-state index contributed by atoms with van der Waals surface area (Å²) >= 11 is 6.17. The van der Waals surface area contributed by atoms with Gasteiger partial charge in [-0.15, -0.1) is 0 Å². The summed E-state index contributed by atoms with van der Waals surface area (Å²) in [4.78, 5) is 4.69. The van der Waals surface area contributed by atoms with E-state index in [9.17, 15) is 0 Å². The molecule has 1 unspecified atom stereocenters. The van der Waals surface area contributed by atoms with Gasteiger partial charge in [0.25, 0.3) is 0 Å². The van der Waals surface area contributed by atoms with Crippen molar-refractivity contribution in [2.75, 3.05) is 38.1 Å². The zero-order chi connectivity index (χ0) is 12.4. The quantitative estimate of drug-likeness (QED) is 0.871. The summed E-state index contributed by atoms with van der Waals surface area (Å²) < 4.78 is 0. The first-order valence-electron chi connectivity index (χ1n) is 6.03. The molecule has 0 saturated carbocycles. The van der Waals surface area contributed by atoms with Crippen LogP contribution >= 0.6 is 11.6 Å². The molecule has 1 aromatic carbocycles. The predicted molar refractivity (Wildman–Crippen MR) is 73.9 cm³/mol. The fraction of sp³-hybridized carbons (Fsp3) is 0.538. The first-order valence-corrected chi connectivity index (χ1v) is 6.41. The lowest BCUT2D eigenvalue weighted by Crippen LogP contribution is -2.54. The van der Waals surface area contributed by atoms with E-state index in [4.69, 9.17) is 17.3 Å². The maximum Gasteiger partial charge on any atom is 0.0455 e. The van der Waals surface area contributed by atoms with Crippen LogP contribution in [0.15, 0.2) is 18.2 Å². The molecule has 1 aliphatic rings. The predicted octanol–water partition coefficient (Wildman–Crippen LogP) is 1.73. The van der Waals surface area contributed by atoms with Gasteiger partial charge in [0.2, 0.25) is 0 Å². The van der Waals surface area contributed by atoms with Crippen molar-refractivity contribution >= 4 is 17.3 Å². The van der Waals surface area contributed by atoms with Crippen LogP contribution in [0, 0.1) is 6.92 Å². The normalized spacial score (nSPS) is 21.9. The third-order valence-electron chi connectivity index (χ3n) is 3.57. The molecule has 1 aliphatic heterocycles. The van der Waals surface area contributed by atoms with Gasteiger partial charge < -0.3 is 10.6 Å². The van der Waals surface area contributed by atoms with Crippen molar-refractivity contribution < 1.29 is 0 Å². The smallest absolute Gasteiger partial charge is 0.0455 e. The van der Waals surface area contributed by atoms with Crippen molar-refractivity contribution in [1.82, 2.24) is 4.90 Å². The minimum atomic E-state index is 0.434. The van der Waals surface area contributed by atoms with E-state index in [1.165, 1.54) is 5.69 Å². The molecule has 0 bridgehead atoms. The Morgan fingerprint density at radius 2 is 2.18 bits per heavy atom. The molecule has 0 amide bonds. The van der Waals surface area contributed by atoms with E-state index in [0.717, 1.165) is 30.2 Å². The lowest BCUT2D eigenvalue weighted by atomic mass is 10.1. The van der Waals surface area contributed by atoms with E-state index < -0.39 is 0 Å². The summed E-state index contributed by atoms with van der Waals surface area (Å²) in [5, 5.41) is 0.839. The fourth-order valence-electron chi connectivity index (χ4n) is 2.21. The average Bonchev–Trinajstić information content (AvgIpc) is 2.33. The maximum absolute atomic E-state index is 6.17. The van der Waals surface area contributed by atoms with Crippen molar-refractivity contribution in [3.8, 4) is 0 Å². The molecule has 1 aromatic rings. The third kappa shape index (κ3) is 2.73. The summed E-state index contributed by atoms with van der Waals surface area (Å²) in [6.07, 6.45) is 0. The Morgan fingerprint density at radius 3 is 2.82 bits per heavy atom. The van der Waals surface area contributed by atoms with Crippen LogP contribution in [-0.4, -0.2) is 44.2 Å². The number of anilines is 1. The highest BCUT2D eigenvalue weighted by Gasteiger charge is 2.23. The summed E-state index contributed by atoms with van der Waals surface area (Å²) in [7, 11) is 2.14. The van der Waals surface area contributed by atoms with Crippen LogP contribution in [0.2, 0.25) is 5.02 Å². The summed E-state index contributed by atoms with van der Waals surface area (Å²) in [6, 6.07) is 6.70. The van der Waals surface area contributed by atoms with E-state index >= 15 is 0 Å². The number of nitrogens with zero attached hydrogens (tertiary/aromatic N) is 2. The zero-order valence-electron chi connectivity index (χ0n) is 10.5. The van der Waals surface area contributed by atoms with Gasteiger partial charge >= 0.3 is 0 Å². The Labute approximate surface area is 108 Å². The van der Waals surface area contributed by atoms with Gasteiger partial charge in [0.1, 0.15) is 0 Å². The monoisotopic (exact) mass is 253 g/mol. The van der Waals surface area contributed by atoms with Gasteiger partial charge in [-0.2, -0.15) is 0 Å². The second kappa shape index (κ2) is 5.25. The highest BCUT2D eigenvalue weighted by atomic mass is 35.5. The molecule has 0 aromatic heterocycles. The highest BCUT2D eigenvalue weighted by molar-refractivity contribution is 6.31. The highest BCUT2D eigenvalue weighted by Crippen LogP contribution is 2.24. The Morgan fingerprint density at radius 1 is 1.41 bits per heavy atom. The van der Waals surface area contributed by atoms with Gasteiger partial charge in [0, 0.05) is 42.9 Å². The lowest BCUT2D eigenvalue weighted by molar-refractivity contribution is 0.224. The maximum atomic E-state index is 6.17. The zero-order valence-corrected chi connectivity index (χ0v) is 11.2. The van der Waals surface area contributed by atoms with Crippen molar-refractivity contribution in [2.24, 2.45) is 5.73 Å². The molecule has 1 fully saturated rings. The number of hydrogen-bond donors (Lipinski definition) is 1. The van der Waals surface area contributed by atoms with Crippen LogP contribution in [-0.2, 0) is 0 Å². The number of hydrogen-bond acceptors (Lipinski definition) is 3. The van der Waals surface area contributed by atoms with Gasteiger partial charge in [0.05, 0.1) is 0 Å². The molecule has 1 heterocycles. The SMILES string of the molecule is Cc1ccc(N2CCN(C)C(CN)C2)cc1Cl. The molecule has 1 atom stereocenters. The Balaban J connectivity index is 2.14. The molecule has 2 N–H and O–H groups in total. The van der Waals surface area contributed by atoms with Gasteiger partial charge in [-0.05, 0) is 31.7 Å². The van der Waals surface area contributed by atoms with E-state index in [-0.39, 0.29) is 0 Å². The van der Waals surface area contributed by atoms with Crippen LogP contribution < -0.4 is 10.6 Å². The fourth-order valence-corrected chi connectivity index (χ4v) is 2.39. The summed E-state index contributed by atoms with van der Waals surface area (Å²) in [6.45, 7) is 5.79. The number of benzene rings is 1. The van der Waals surface area contributed by atoms with Crippen LogP contribution in [0.4, 0.5) is 5.69 Å². The van der Waals surface area contributed by atoms with Gasteiger partial charge in [-0.25, -0.2) is 0 Å². The molecule has 3 nitrogen and oxygen atoms in total. The molecule has 4 heteroatoms. The van der Waals surface area contributed by atoms with Crippen LogP contribution in [0.25, 0.3) is 0 Å². The molecular formula is C13H20ClN3. The molecule has 2 rings (SSSR count). The summed E-state index contributed by atoms with van der Waals surface area (Å²) in [5.41, 5.74) is 8.12. The van der Waals surface area contributed by atoms with Crippen molar-refractivity contribution in [3.63, 3.8) is 0 Å². The molecule has 17 heavy (non-hydrogen) atoms. The third-order valence-corrected chi connectivity index (χ3v) is 3.98. The Bertz CT molecular complexity index is 394. The van der Waals surface area contributed by atoms with E-state index in [1.807, 2.05) is 6.92 Å². The summed E-state index contributed by atoms with van der Waals surface area (Å²) in [5.74, 6) is 0. The number of piperazine rings is 1. The van der Waals surface area contributed by atoms with Crippen LogP contribution in [0.1, 0.15) is 5.56 Å². The first-order chi connectivity index (χ1) is 8.11. The average molecular weight is 254 g/mol. The van der Waals surface area contributed by atoms with E-state index in [1.54, 1.807) is 0 Å². The Kier molecular flexibility index (Phi) is 3.92. The lowest BCUT2D eigenvalue weighted by Gasteiger charge is -2.40. The van der Waals surface area contributed by atoms with Crippen LogP contribution in [0.3, 0.4) is 0 Å². The molecule has 0 spiro atoms. The number of rotatable bonds is 2. The largest absolute Gasteiger partial charge is 0.369 e. The van der Waals surface area contributed by atoms with Crippen LogP contribution in [0.5, 0.6) is 0 Å². The minimum Gasteiger partial charge on any atom is -0.369 e. The first kappa shape index (κ1) is 12.7. The molecule has 1 saturated heterocycles. The molecule has 0 radical (unpaired) electrons. The number of halogens is 1. The minimum absolute atomic E-state index is 0.434. The van der Waals surface area contributed by atoms with Gasteiger partial charge in [0.15, 0.2) is 0 Å². The van der Waals surface area contributed by atoms with Gasteiger partial charge in [-0.1, -0.05) is 17.7 Å². The second-order valence-corrected chi connectivity index (χ2v) is 5.16. The van der Waals surface area contributed by atoms with Crippen molar-refractivity contribution in [2.45, 2.75) is 13.0 Å². The standard InChI is InChI=1S/C13H20ClN3/c1-10-3-4-11(7-13(10)14)17-6-5-16(2)12(8-15)9-17/h3-4,7,12H,5-6,8-9,15H2,1-2H3. The molecule has 94 valence electrons. The van der Waals surface area contributed by atoms with Crippen molar-refractivity contribution in [1.29, 1.82) is 0 Å².